The van der Waals surface area contributed by atoms with E-state index in [-0.39, 0.29) is 28.9 Å². The number of nitrogens with one attached hydrogen (secondary N) is 2. The molecule has 240 valence electrons. The van der Waals surface area contributed by atoms with E-state index < -0.39 is 35.5 Å². The van der Waals surface area contributed by atoms with E-state index in [2.05, 4.69) is 30.4 Å². The molecule has 4 aliphatic rings. The van der Waals surface area contributed by atoms with Crippen LogP contribution < -0.4 is 10.5 Å². The SMILES string of the molecule is COC(=O)[C@H](Cc1ccc(O)c([NH+]([O-])O)c1)NC(=O)CON=C1C=C2CC[C@@H]3[C@@H]4CC[C@H](C(C)=O)[C@@]4(C)CC[C@@H]3[C@@]2(C)CC1. The maximum Gasteiger partial charge on any atom is 0.328 e. The van der Waals surface area contributed by atoms with Gasteiger partial charge in [0, 0.05) is 18.4 Å². The Morgan fingerprint density at radius 1 is 1.14 bits per heavy atom. The minimum absolute atomic E-state index is 0.0320. The number of aromatic hydroxyl groups is 1. The Morgan fingerprint density at radius 2 is 1.91 bits per heavy atom. The van der Waals surface area contributed by atoms with Crippen LogP contribution in [0.5, 0.6) is 5.75 Å². The van der Waals surface area contributed by atoms with Crippen LogP contribution in [-0.2, 0) is 30.4 Å². The number of fused-ring (bicyclic) bond motifs is 5. The second-order valence-corrected chi connectivity index (χ2v) is 13.6. The molecule has 4 aliphatic carbocycles. The number of rotatable bonds is 9. The van der Waals surface area contributed by atoms with Gasteiger partial charge in [-0.2, -0.15) is 5.23 Å². The smallest absolute Gasteiger partial charge is 0.328 e. The van der Waals surface area contributed by atoms with Gasteiger partial charge in [-0.15, -0.1) is 0 Å². The minimum atomic E-state index is -1.31. The maximum atomic E-state index is 12.7. The van der Waals surface area contributed by atoms with Gasteiger partial charge in [0.25, 0.3) is 5.91 Å². The summed E-state index contributed by atoms with van der Waals surface area (Å²) in [5, 5.41) is 35.9. The molecule has 1 aromatic carbocycles. The molecule has 0 aliphatic heterocycles. The van der Waals surface area contributed by atoms with E-state index in [4.69, 9.17) is 9.57 Å². The molecule has 5 rings (SSSR count). The molecule has 0 aromatic heterocycles. The molecule has 1 unspecified atom stereocenters. The van der Waals surface area contributed by atoms with Crippen molar-refractivity contribution in [2.75, 3.05) is 13.7 Å². The molecular weight excluding hydrogens is 566 g/mol. The number of amides is 1. The van der Waals surface area contributed by atoms with Crippen LogP contribution in [0.1, 0.15) is 77.7 Å². The van der Waals surface area contributed by atoms with E-state index >= 15 is 0 Å². The Kier molecular flexibility index (Phi) is 9.21. The molecule has 11 heteroatoms. The minimum Gasteiger partial charge on any atom is -0.595 e. The molecule has 0 bridgehead atoms. The predicted molar refractivity (Wildman–Crippen MR) is 161 cm³/mol. The normalized spacial score (nSPS) is 33.2. The van der Waals surface area contributed by atoms with Gasteiger partial charge >= 0.3 is 5.97 Å². The molecule has 11 nitrogen and oxygen atoms in total. The number of hydrogen-bond acceptors (Lipinski definition) is 9. The highest BCUT2D eigenvalue weighted by Crippen LogP contribution is 2.66. The first kappa shape index (κ1) is 32.1. The zero-order chi connectivity index (χ0) is 31.8. The molecule has 3 saturated carbocycles. The quantitative estimate of drug-likeness (QED) is 0.187. The van der Waals surface area contributed by atoms with Crippen molar-refractivity contribution in [3.63, 3.8) is 0 Å². The van der Waals surface area contributed by atoms with Gasteiger partial charge in [0.1, 0.15) is 11.8 Å². The maximum absolute atomic E-state index is 12.7. The molecule has 44 heavy (non-hydrogen) atoms. The molecule has 4 N–H and O–H groups in total. The van der Waals surface area contributed by atoms with Crippen molar-refractivity contribution in [2.24, 2.45) is 39.7 Å². The average molecular weight is 612 g/mol. The summed E-state index contributed by atoms with van der Waals surface area (Å²) in [6, 6.07) is 2.88. The van der Waals surface area contributed by atoms with Crippen molar-refractivity contribution < 1.29 is 39.5 Å². The van der Waals surface area contributed by atoms with Gasteiger partial charge in [-0.25, -0.2) is 10.0 Å². The number of hydrogen-bond donors (Lipinski definition) is 4. The Labute approximate surface area is 258 Å². The fourth-order valence-electron chi connectivity index (χ4n) is 9.17. The number of esters is 1. The van der Waals surface area contributed by atoms with Crippen molar-refractivity contribution >= 4 is 29.1 Å². The lowest BCUT2D eigenvalue weighted by Crippen LogP contribution is -2.99. The first-order chi connectivity index (χ1) is 20.9. The summed E-state index contributed by atoms with van der Waals surface area (Å²) >= 11 is 0. The summed E-state index contributed by atoms with van der Waals surface area (Å²) in [4.78, 5) is 42.9. The van der Waals surface area contributed by atoms with Crippen molar-refractivity contribution in [3.05, 3.63) is 40.6 Å². The summed E-state index contributed by atoms with van der Waals surface area (Å²) < 4.78 is 4.82. The molecular formula is C33H45N3O8. The number of allylic oxidation sites excluding steroid dienone is 2. The highest BCUT2D eigenvalue weighted by molar-refractivity contribution is 5.96. The monoisotopic (exact) mass is 611 g/mol. The van der Waals surface area contributed by atoms with Crippen LogP contribution in [0.2, 0.25) is 0 Å². The highest BCUT2D eigenvalue weighted by atomic mass is 16.8. The van der Waals surface area contributed by atoms with Crippen molar-refractivity contribution in [1.82, 2.24) is 5.32 Å². The summed E-state index contributed by atoms with van der Waals surface area (Å²) in [5.41, 5.74) is 2.58. The molecule has 0 radical (unpaired) electrons. The molecule has 0 spiro atoms. The molecule has 1 amide bonds. The number of phenols is 1. The fraction of sp³-hybridized carbons (Fsp3) is 0.636. The Hall–Kier alpha value is -3.28. The molecule has 3 fully saturated rings. The number of phenolic OH excluding ortho intramolecular Hbond substituents is 1. The number of Topliss-reactive ketones (excluding diaryl/α,β-unsaturated/α-hetero) is 1. The average Bonchev–Trinajstić information content (AvgIpc) is 3.35. The van der Waals surface area contributed by atoms with Crippen molar-refractivity contribution in [3.8, 4) is 5.75 Å². The second kappa shape index (κ2) is 12.6. The Bertz CT molecular complexity index is 1360. The van der Waals surface area contributed by atoms with Crippen molar-refractivity contribution in [1.29, 1.82) is 0 Å². The number of ether oxygens (including phenoxy) is 1. The van der Waals surface area contributed by atoms with Crippen LogP contribution in [0, 0.1) is 39.7 Å². The summed E-state index contributed by atoms with van der Waals surface area (Å²) in [7, 11) is 1.20. The zero-order valence-electron chi connectivity index (χ0n) is 26.1. The van der Waals surface area contributed by atoms with Crippen LogP contribution in [-0.4, -0.2) is 53.4 Å². The molecule has 0 heterocycles. The number of ketones is 1. The van der Waals surface area contributed by atoms with Gasteiger partial charge in [-0.05, 0) is 105 Å². The molecule has 1 aromatic rings. The topological polar surface area (TPSA) is 162 Å². The van der Waals surface area contributed by atoms with Gasteiger partial charge in [0.05, 0.1) is 12.8 Å². The summed E-state index contributed by atoms with van der Waals surface area (Å²) in [5.74, 6) is 0.785. The summed E-state index contributed by atoms with van der Waals surface area (Å²) in [6.45, 7) is 6.15. The Morgan fingerprint density at radius 3 is 2.61 bits per heavy atom. The number of nitrogens with zero attached hydrogens (tertiary/aromatic N) is 1. The lowest BCUT2D eigenvalue weighted by atomic mass is 9.46. The number of oxime groups is 1. The first-order valence-corrected chi connectivity index (χ1v) is 15.7. The number of carbonyl (C=O) groups is 3. The van der Waals surface area contributed by atoms with Crippen LogP contribution in [0.25, 0.3) is 0 Å². The number of quaternary nitrogens is 1. The van der Waals surface area contributed by atoms with E-state index in [9.17, 15) is 29.9 Å². The molecule has 0 saturated heterocycles. The lowest BCUT2D eigenvalue weighted by Gasteiger charge is -2.58. The summed E-state index contributed by atoms with van der Waals surface area (Å²) in [6.07, 6.45) is 10.5. The Balaban J connectivity index is 1.19. The van der Waals surface area contributed by atoms with Crippen molar-refractivity contribution in [2.45, 2.75) is 84.6 Å². The van der Waals surface area contributed by atoms with Gasteiger partial charge < -0.3 is 25.2 Å². The fourth-order valence-corrected chi connectivity index (χ4v) is 9.17. The second-order valence-electron chi connectivity index (χ2n) is 13.6. The highest BCUT2D eigenvalue weighted by Gasteiger charge is 2.59. The third kappa shape index (κ3) is 6.01. The standard InChI is InChI=1S/C33H45N3O8/c1-19(37)24-8-9-25-23-7-6-21-17-22(11-13-32(21,2)26(23)12-14-33(24,25)3)35-44-18-30(39)34-27(31(40)43-4)15-20-5-10-29(38)28(16-20)36(41)42/h5,10,16-17,23-27,36,38,41H,6-9,11-15,18H2,1-4H3,(H,34,39)/t23-,24-,25+,26+,27+,32+,33-/m1/s1. The number of benzene rings is 1. The van der Waals surface area contributed by atoms with Crippen LogP contribution in [0.3, 0.4) is 0 Å². The predicted octanol–water partition coefficient (Wildman–Crippen LogP) is 3.54. The zero-order valence-corrected chi connectivity index (χ0v) is 26.1. The van der Waals surface area contributed by atoms with E-state index in [1.807, 2.05) is 0 Å². The van der Waals surface area contributed by atoms with E-state index in [1.165, 1.54) is 30.9 Å². The van der Waals surface area contributed by atoms with E-state index in [1.54, 1.807) is 6.92 Å². The third-order valence-electron chi connectivity index (χ3n) is 11.4. The van der Waals surface area contributed by atoms with E-state index in [0.29, 0.717) is 29.1 Å². The van der Waals surface area contributed by atoms with Crippen LogP contribution in [0.15, 0.2) is 35.0 Å². The lowest BCUT2D eigenvalue weighted by molar-refractivity contribution is -0.991. The number of carbonyl (C=O) groups excluding carboxylic acids is 3. The third-order valence-corrected chi connectivity index (χ3v) is 11.4. The van der Waals surface area contributed by atoms with E-state index in [0.717, 1.165) is 57.1 Å². The van der Waals surface area contributed by atoms with Crippen LogP contribution >= 0.6 is 0 Å². The van der Waals surface area contributed by atoms with Gasteiger partial charge in [-0.1, -0.05) is 30.6 Å². The van der Waals surface area contributed by atoms with Crippen LogP contribution in [0.4, 0.5) is 5.69 Å². The largest absolute Gasteiger partial charge is 0.595 e. The first-order valence-electron chi connectivity index (χ1n) is 15.7. The van der Waals surface area contributed by atoms with Gasteiger partial charge in [0.15, 0.2) is 12.4 Å². The number of methoxy groups -OCH3 is 1. The van der Waals surface area contributed by atoms with Gasteiger partial charge in [0.2, 0.25) is 5.69 Å². The van der Waals surface area contributed by atoms with Gasteiger partial charge in [-0.3, -0.25) is 9.59 Å². The molecule has 8 atom stereocenters.